The third-order valence-corrected chi connectivity index (χ3v) is 2.12. The second-order valence-corrected chi connectivity index (χ2v) is 3.64. The molecule has 0 aliphatic rings. The van der Waals surface area contributed by atoms with Crippen molar-refractivity contribution in [3.8, 4) is 0 Å². The smallest absolute Gasteiger partial charge is 0.239 e. The summed E-state index contributed by atoms with van der Waals surface area (Å²) in [6.07, 6.45) is 1.65. The van der Waals surface area contributed by atoms with Gasteiger partial charge in [-0.1, -0.05) is 6.92 Å². The van der Waals surface area contributed by atoms with Gasteiger partial charge in [0, 0.05) is 33.7 Å². The molecule has 0 saturated heterocycles. The highest BCUT2D eigenvalue weighted by Crippen LogP contribution is 1.92. The second-order valence-electron chi connectivity index (χ2n) is 3.64. The Morgan fingerprint density at radius 2 is 2.06 bits per heavy atom. The summed E-state index contributed by atoms with van der Waals surface area (Å²) >= 11 is 0. The Morgan fingerprint density at radius 1 is 1.38 bits per heavy atom. The largest absolute Gasteiger partial charge is 0.385 e. The first-order valence-electron chi connectivity index (χ1n) is 5.63. The minimum absolute atomic E-state index is 0.0612. The van der Waals surface area contributed by atoms with E-state index in [-0.39, 0.29) is 18.4 Å². The van der Waals surface area contributed by atoms with Gasteiger partial charge >= 0.3 is 0 Å². The first kappa shape index (κ1) is 14.9. The summed E-state index contributed by atoms with van der Waals surface area (Å²) in [5.74, 6) is -0.173. The Balaban J connectivity index is 3.77. The van der Waals surface area contributed by atoms with E-state index >= 15 is 0 Å². The van der Waals surface area contributed by atoms with Crippen molar-refractivity contribution < 1.29 is 14.3 Å². The number of amides is 2. The van der Waals surface area contributed by atoms with E-state index in [1.807, 2.05) is 6.92 Å². The summed E-state index contributed by atoms with van der Waals surface area (Å²) in [5, 5.41) is 2.75. The van der Waals surface area contributed by atoms with E-state index in [0.717, 1.165) is 12.8 Å². The van der Waals surface area contributed by atoms with Crippen LogP contribution in [0.2, 0.25) is 0 Å². The Hall–Kier alpha value is -1.10. The van der Waals surface area contributed by atoms with Crippen LogP contribution in [-0.4, -0.2) is 50.1 Å². The highest BCUT2D eigenvalue weighted by molar-refractivity contribution is 5.83. The summed E-state index contributed by atoms with van der Waals surface area (Å²) in [6.45, 7) is 5.45. The zero-order valence-electron chi connectivity index (χ0n) is 10.4. The van der Waals surface area contributed by atoms with Crippen LogP contribution in [0.5, 0.6) is 0 Å². The van der Waals surface area contributed by atoms with Crippen molar-refractivity contribution in [2.75, 3.05) is 33.4 Å². The molecule has 0 heterocycles. The van der Waals surface area contributed by atoms with Crippen molar-refractivity contribution in [2.45, 2.75) is 26.7 Å². The van der Waals surface area contributed by atoms with Gasteiger partial charge in [0.25, 0.3) is 0 Å². The maximum absolute atomic E-state index is 11.5. The normalized spacial score (nSPS) is 9.94. The van der Waals surface area contributed by atoms with Gasteiger partial charge in [-0.3, -0.25) is 9.59 Å². The van der Waals surface area contributed by atoms with E-state index in [4.69, 9.17) is 4.74 Å². The molecule has 0 bridgehead atoms. The summed E-state index contributed by atoms with van der Waals surface area (Å²) in [4.78, 5) is 24.2. The molecule has 2 amide bonds. The maximum atomic E-state index is 11.5. The zero-order valence-corrected chi connectivity index (χ0v) is 10.4. The Morgan fingerprint density at radius 3 is 2.56 bits per heavy atom. The first-order chi connectivity index (χ1) is 7.61. The zero-order chi connectivity index (χ0) is 12.4. The number of carbonyl (C=O) groups is 2. The van der Waals surface area contributed by atoms with Crippen LogP contribution in [0.3, 0.4) is 0 Å². The number of nitrogens with zero attached hydrogens (tertiary/aromatic N) is 1. The number of methoxy groups -OCH3 is 1. The SMILES string of the molecule is CCCN(CC(=O)NCCCOC)C(C)=O. The average Bonchev–Trinajstić information content (AvgIpc) is 2.23. The van der Waals surface area contributed by atoms with Gasteiger partial charge in [0.15, 0.2) is 0 Å². The molecule has 0 aromatic heterocycles. The molecule has 0 spiro atoms. The molecule has 0 saturated carbocycles. The quantitative estimate of drug-likeness (QED) is 0.614. The van der Waals surface area contributed by atoms with Gasteiger partial charge in [-0.2, -0.15) is 0 Å². The predicted octanol–water partition coefficient (Wildman–Crippen LogP) is 0.398. The lowest BCUT2D eigenvalue weighted by molar-refractivity contribution is -0.134. The van der Waals surface area contributed by atoms with E-state index < -0.39 is 0 Å². The monoisotopic (exact) mass is 230 g/mol. The third kappa shape index (κ3) is 7.23. The molecule has 5 heteroatoms. The topological polar surface area (TPSA) is 58.6 Å². The molecule has 0 aliphatic carbocycles. The number of hydrogen-bond acceptors (Lipinski definition) is 3. The molecule has 16 heavy (non-hydrogen) atoms. The molecule has 94 valence electrons. The van der Waals surface area contributed by atoms with E-state index in [2.05, 4.69) is 5.32 Å². The van der Waals surface area contributed by atoms with Crippen LogP contribution in [0, 0.1) is 0 Å². The standard InChI is InChI=1S/C11H22N2O3/c1-4-7-13(10(2)14)9-11(15)12-6-5-8-16-3/h4-9H2,1-3H3,(H,12,15). The number of ether oxygens (including phenoxy) is 1. The van der Waals surface area contributed by atoms with Crippen molar-refractivity contribution in [2.24, 2.45) is 0 Å². The predicted molar refractivity (Wildman–Crippen MR) is 62.0 cm³/mol. The maximum Gasteiger partial charge on any atom is 0.239 e. The lowest BCUT2D eigenvalue weighted by atomic mass is 10.3. The summed E-state index contributed by atoms with van der Waals surface area (Å²) < 4.78 is 4.87. The van der Waals surface area contributed by atoms with E-state index in [1.54, 1.807) is 12.0 Å². The molecule has 0 aromatic rings. The van der Waals surface area contributed by atoms with Gasteiger partial charge in [0.2, 0.25) is 11.8 Å². The molecule has 0 unspecified atom stereocenters. The fourth-order valence-electron chi connectivity index (χ4n) is 1.29. The lowest BCUT2D eigenvalue weighted by Gasteiger charge is -2.19. The molecule has 0 fully saturated rings. The molecule has 0 aromatic carbocycles. The molecular formula is C11H22N2O3. The fourth-order valence-corrected chi connectivity index (χ4v) is 1.29. The molecule has 0 rings (SSSR count). The first-order valence-corrected chi connectivity index (χ1v) is 5.63. The third-order valence-electron chi connectivity index (χ3n) is 2.12. The van der Waals surface area contributed by atoms with Crippen LogP contribution in [0.25, 0.3) is 0 Å². The molecule has 1 N–H and O–H groups in total. The highest BCUT2D eigenvalue weighted by Gasteiger charge is 2.11. The summed E-state index contributed by atoms with van der Waals surface area (Å²) in [6, 6.07) is 0. The number of hydrogen-bond donors (Lipinski definition) is 1. The van der Waals surface area contributed by atoms with Crippen LogP contribution in [-0.2, 0) is 14.3 Å². The Bertz CT molecular complexity index is 219. The van der Waals surface area contributed by atoms with Gasteiger partial charge in [-0.25, -0.2) is 0 Å². The van der Waals surface area contributed by atoms with E-state index in [9.17, 15) is 9.59 Å². The molecule has 0 aliphatic heterocycles. The van der Waals surface area contributed by atoms with Gasteiger partial charge in [0.1, 0.15) is 0 Å². The van der Waals surface area contributed by atoms with Crippen LogP contribution >= 0.6 is 0 Å². The van der Waals surface area contributed by atoms with Crippen molar-refractivity contribution in [1.82, 2.24) is 10.2 Å². The Kier molecular flexibility index (Phi) is 8.52. The van der Waals surface area contributed by atoms with Crippen LogP contribution < -0.4 is 5.32 Å². The fraction of sp³-hybridized carbons (Fsp3) is 0.818. The lowest BCUT2D eigenvalue weighted by Crippen LogP contribution is -2.40. The average molecular weight is 230 g/mol. The van der Waals surface area contributed by atoms with E-state index in [1.165, 1.54) is 6.92 Å². The van der Waals surface area contributed by atoms with Gasteiger partial charge in [-0.15, -0.1) is 0 Å². The van der Waals surface area contributed by atoms with Crippen molar-refractivity contribution in [1.29, 1.82) is 0 Å². The van der Waals surface area contributed by atoms with E-state index in [0.29, 0.717) is 19.7 Å². The molecule has 5 nitrogen and oxygen atoms in total. The van der Waals surface area contributed by atoms with Crippen molar-refractivity contribution >= 4 is 11.8 Å². The van der Waals surface area contributed by atoms with Crippen molar-refractivity contribution in [3.63, 3.8) is 0 Å². The number of rotatable bonds is 8. The highest BCUT2D eigenvalue weighted by atomic mass is 16.5. The van der Waals surface area contributed by atoms with Gasteiger partial charge < -0.3 is 15.0 Å². The van der Waals surface area contributed by atoms with Crippen LogP contribution in [0.4, 0.5) is 0 Å². The summed E-state index contributed by atoms with van der Waals surface area (Å²) in [5.41, 5.74) is 0. The minimum Gasteiger partial charge on any atom is -0.385 e. The number of nitrogens with one attached hydrogen (secondary N) is 1. The Labute approximate surface area is 97.1 Å². The number of carbonyl (C=O) groups excluding carboxylic acids is 2. The van der Waals surface area contributed by atoms with Crippen LogP contribution in [0.1, 0.15) is 26.7 Å². The molecule has 0 atom stereocenters. The van der Waals surface area contributed by atoms with Crippen LogP contribution in [0.15, 0.2) is 0 Å². The second kappa shape index (κ2) is 9.15. The summed E-state index contributed by atoms with van der Waals surface area (Å²) in [7, 11) is 1.63. The molecule has 0 radical (unpaired) electrons. The van der Waals surface area contributed by atoms with Gasteiger partial charge in [0.05, 0.1) is 6.54 Å². The minimum atomic E-state index is -0.111. The van der Waals surface area contributed by atoms with Crippen molar-refractivity contribution in [3.05, 3.63) is 0 Å². The van der Waals surface area contributed by atoms with Gasteiger partial charge in [-0.05, 0) is 12.8 Å². The molecular weight excluding hydrogens is 208 g/mol.